The number of hydrogen-bond donors (Lipinski definition) is 5. The number of fused-ring (bicyclic) bond motifs is 3. The third-order valence-corrected chi connectivity index (χ3v) is 7.24. The first-order valence-electron chi connectivity index (χ1n) is 11.3. The Morgan fingerprint density at radius 1 is 1.11 bits per heavy atom. The largest absolute Gasteiger partial charge is 0.508 e. The fourth-order valence-corrected chi connectivity index (χ4v) is 5.79. The van der Waals surface area contributed by atoms with Gasteiger partial charge in [0, 0.05) is 17.1 Å². The van der Waals surface area contributed by atoms with Crippen LogP contribution >= 0.6 is 0 Å². The Morgan fingerprint density at radius 3 is 2.28 bits per heavy atom. The van der Waals surface area contributed by atoms with Gasteiger partial charge in [-0.25, -0.2) is 0 Å². The minimum atomic E-state index is -2.67. The second-order valence-electron chi connectivity index (χ2n) is 9.39. The molecule has 0 aromatic heterocycles. The number of nitrogens with zero attached hydrogens (tertiary/aromatic N) is 1. The minimum absolute atomic E-state index is 0.0159. The van der Waals surface area contributed by atoms with Crippen LogP contribution in [0, 0.1) is 35.5 Å². The Hall–Kier alpha value is -4.05. The second kappa shape index (κ2) is 8.56. The number of Topliss-reactive ketones (excluding diaryl/α,β-unsaturated/α-hetero) is 2. The van der Waals surface area contributed by atoms with Crippen molar-refractivity contribution in [3.63, 3.8) is 0 Å². The number of aromatic hydroxyl groups is 1. The van der Waals surface area contributed by atoms with Crippen LogP contribution in [0.2, 0.25) is 0 Å². The Balaban J connectivity index is 2.03. The summed E-state index contributed by atoms with van der Waals surface area (Å²) in [4.78, 5) is 40.5. The molecule has 36 heavy (non-hydrogen) atoms. The number of rotatable bonds is 2. The highest BCUT2D eigenvalue weighted by molar-refractivity contribution is 6.24. The summed E-state index contributed by atoms with van der Waals surface area (Å²) in [5.41, 5.74) is 2.80. The molecule has 1 amide bonds. The van der Waals surface area contributed by atoms with Crippen LogP contribution < -0.4 is 5.73 Å². The molecule has 3 aliphatic carbocycles. The highest BCUT2D eigenvalue weighted by Gasteiger charge is 2.64. The maximum Gasteiger partial charge on any atom is 0.255 e. The molecule has 0 aliphatic heterocycles. The Bertz CT molecular complexity index is 1430. The number of benzene rings is 1. The molecule has 0 spiro atoms. The molecule has 186 valence electrons. The lowest BCUT2D eigenvalue weighted by molar-refractivity contribution is -0.153. The summed E-state index contributed by atoms with van der Waals surface area (Å²) in [5, 5.41) is 44.7. The van der Waals surface area contributed by atoms with E-state index in [1.54, 1.807) is 34.0 Å². The van der Waals surface area contributed by atoms with Crippen LogP contribution in [-0.2, 0) is 20.8 Å². The summed E-state index contributed by atoms with van der Waals surface area (Å²) < 4.78 is 0. The van der Waals surface area contributed by atoms with E-state index in [2.05, 4.69) is 23.7 Å². The van der Waals surface area contributed by atoms with Crippen LogP contribution in [0.5, 0.6) is 5.75 Å². The highest BCUT2D eigenvalue weighted by Crippen LogP contribution is 2.53. The average Bonchev–Trinajstić information content (AvgIpc) is 2.79. The molecule has 3 aliphatic rings. The Labute approximate surface area is 207 Å². The van der Waals surface area contributed by atoms with Crippen LogP contribution in [0.1, 0.15) is 42.5 Å². The van der Waals surface area contributed by atoms with E-state index in [1.165, 1.54) is 4.90 Å². The summed E-state index contributed by atoms with van der Waals surface area (Å²) in [6.07, 6.45) is 0.188. The summed E-state index contributed by atoms with van der Waals surface area (Å²) >= 11 is 0. The average molecular weight is 491 g/mol. The Kier molecular flexibility index (Phi) is 5.96. The zero-order valence-corrected chi connectivity index (χ0v) is 20.3. The molecule has 1 saturated carbocycles. The summed E-state index contributed by atoms with van der Waals surface area (Å²) in [6, 6.07) is 0.480. The standard InChI is InChI=1S/C27H26N2O7/c1-5-7-12-9-13(8-6-2)21(30)18-15(12)10-14-11-16-20(29(3)4)23(32)19(26(28)35)25(34)27(16,36)24(33)17(14)22(18)31/h9,14,16,20,30-31,34,36H,10-11H2,1-4H3,(H2,28,35)/t14-,16-,20-,27-/m1/s1. The highest BCUT2D eigenvalue weighted by atomic mass is 16.3. The van der Waals surface area contributed by atoms with E-state index >= 15 is 0 Å². The number of ketones is 2. The minimum Gasteiger partial charge on any atom is -0.508 e. The molecule has 0 unspecified atom stereocenters. The first-order valence-corrected chi connectivity index (χ1v) is 11.3. The fourth-order valence-electron chi connectivity index (χ4n) is 5.79. The van der Waals surface area contributed by atoms with Gasteiger partial charge in [0.15, 0.2) is 11.4 Å². The van der Waals surface area contributed by atoms with Crippen molar-refractivity contribution in [2.45, 2.75) is 38.3 Å². The molecule has 1 aromatic rings. The third-order valence-electron chi connectivity index (χ3n) is 7.24. The molecule has 4 atom stereocenters. The van der Waals surface area contributed by atoms with Crippen molar-refractivity contribution in [1.82, 2.24) is 4.90 Å². The van der Waals surface area contributed by atoms with Gasteiger partial charge in [-0.15, -0.1) is 11.8 Å². The number of amides is 1. The number of carbonyl (C=O) groups is 3. The zero-order chi connectivity index (χ0) is 26.7. The van der Waals surface area contributed by atoms with Gasteiger partial charge < -0.3 is 26.2 Å². The summed E-state index contributed by atoms with van der Waals surface area (Å²) in [6.45, 7) is 3.22. The van der Waals surface area contributed by atoms with E-state index in [0.717, 1.165) is 0 Å². The van der Waals surface area contributed by atoms with Gasteiger partial charge >= 0.3 is 0 Å². The zero-order valence-electron chi connectivity index (χ0n) is 20.3. The normalized spacial score (nSPS) is 26.9. The van der Waals surface area contributed by atoms with Gasteiger partial charge in [0.1, 0.15) is 22.8 Å². The molecule has 9 nitrogen and oxygen atoms in total. The molecule has 9 heteroatoms. The maximum absolute atomic E-state index is 13.8. The van der Waals surface area contributed by atoms with Crippen molar-refractivity contribution in [3.05, 3.63) is 45.2 Å². The molecule has 1 fully saturated rings. The third kappa shape index (κ3) is 3.25. The second-order valence-corrected chi connectivity index (χ2v) is 9.39. The van der Waals surface area contributed by atoms with E-state index in [0.29, 0.717) is 11.1 Å². The van der Waals surface area contributed by atoms with Crippen LogP contribution in [0.3, 0.4) is 0 Å². The van der Waals surface area contributed by atoms with Gasteiger partial charge in [-0.2, -0.15) is 0 Å². The predicted molar refractivity (Wildman–Crippen MR) is 129 cm³/mol. The number of carbonyl (C=O) groups excluding carboxylic acids is 3. The number of aliphatic hydroxyl groups excluding tert-OH is 2. The van der Waals surface area contributed by atoms with E-state index in [9.17, 15) is 34.8 Å². The van der Waals surface area contributed by atoms with Gasteiger partial charge in [0.25, 0.3) is 5.91 Å². The molecule has 4 rings (SSSR count). The smallest absolute Gasteiger partial charge is 0.255 e. The lowest BCUT2D eigenvalue weighted by Crippen LogP contribution is -2.65. The quantitative estimate of drug-likeness (QED) is 0.299. The van der Waals surface area contributed by atoms with Crippen LogP contribution in [0.4, 0.5) is 0 Å². The number of phenolic OH excluding ortho intramolecular Hbond substituents is 1. The molecule has 0 radical (unpaired) electrons. The van der Waals surface area contributed by atoms with Gasteiger partial charge in [0.2, 0.25) is 5.78 Å². The van der Waals surface area contributed by atoms with Gasteiger partial charge in [0.05, 0.1) is 17.2 Å². The lowest BCUT2D eigenvalue weighted by atomic mass is 9.57. The molecular weight excluding hydrogens is 464 g/mol. The van der Waals surface area contributed by atoms with E-state index < -0.39 is 58.0 Å². The first kappa shape index (κ1) is 25.1. The number of likely N-dealkylation sites (N-methyl/N-ethyl adjacent to an activating group) is 1. The lowest BCUT2D eigenvalue weighted by Gasteiger charge is -2.50. The monoisotopic (exact) mass is 490 g/mol. The van der Waals surface area contributed by atoms with Gasteiger partial charge in [-0.3, -0.25) is 19.3 Å². The number of nitrogens with two attached hydrogens (primary N) is 1. The fraction of sp³-hybridized carbons (Fsp3) is 0.370. The van der Waals surface area contributed by atoms with Crippen molar-refractivity contribution >= 4 is 23.2 Å². The molecule has 1 aromatic carbocycles. The topological polar surface area (TPSA) is 161 Å². The van der Waals surface area contributed by atoms with Gasteiger partial charge in [-0.1, -0.05) is 11.8 Å². The molecule has 0 heterocycles. The van der Waals surface area contributed by atoms with E-state index in [1.807, 2.05) is 0 Å². The van der Waals surface area contributed by atoms with E-state index in [4.69, 9.17) is 5.73 Å². The summed E-state index contributed by atoms with van der Waals surface area (Å²) in [5.74, 6) is 4.25. The predicted octanol–water partition coefficient (Wildman–Crippen LogP) is 0.707. The number of hydrogen-bond acceptors (Lipinski definition) is 8. The SMILES string of the molecule is CC#Cc1cc(C#CC)c2c(c1O)C(O)=C1C(=O)[C@@]3(O)C(O)=C(C(N)=O)C(=O)[C@H](N(C)C)[C@H]3C[C@H]1C2. The van der Waals surface area contributed by atoms with Crippen molar-refractivity contribution < 1.29 is 34.8 Å². The maximum atomic E-state index is 13.8. The van der Waals surface area contributed by atoms with Crippen LogP contribution in [-0.4, -0.2) is 68.5 Å². The van der Waals surface area contributed by atoms with Gasteiger partial charge in [-0.05, 0) is 58.3 Å². The van der Waals surface area contributed by atoms with E-state index in [-0.39, 0.29) is 35.3 Å². The van der Waals surface area contributed by atoms with Crippen LogP contribution in [0.15, 0.2) is 23.0 Å². The molecular formula is C27H26N2O7. The summed E-state index contributed by atoms with van der Waals surface area (Å²) in [7, 11) is 3.10. The number of phenols is 1. The van der Waals surface area contributed by atoms with Crippen molar-refractivity contribution in [1.29, 1.82) is 0 Å². The number of aliphatic hydroxyl groups is 3. The molecule has 6 N–H and O–H groups in total. The Morgan fingerprint density at radius 2 is 1.72 bits per heavy atom. The van der Waals surface area contributed by atoms with Crippen molar-refractivity contribution in [2.75, 3.05) is 14.1 Å². The number of primary amides is 1. The molecule has 0 bridgehead atoms. The van der Waals surface area contributed by atoms with Crippen LogP contribution in [0.25, 0.3) is 5.76 Å². The van der Waals surface area contributed by atoms with Crippen molar-refractivity contribution in [3.8, 4) is 29.4 Å². The first-order chi connectivity index (χ1) is 16.9. The molecule has 0 saturated heterocycles. The van der Waals surface area contributed by atoms with Crippen molar-refractivity contribution in [2.24, 2.45) is 17.6 Å².